The maximum atomic E-state index is 12.7. The number of ketones is 1. The van der Waals surface area contributed by atoms with Gasteiger partial charge in [0.15, 0.2) is 17.3 Å². The SMILES string of the molecule is Cc1cccc(NC(=O)C2CCCN(C(=O)CCC(=O)c3ccc4c(c3)OCCO4)C2)n1. The van der Waals surface area contributed by atoms with Crippen LogP contribution in [0, 0.1) is 12.8 Å². The topological polar surface area (TPSA) is 97.8 Å². The van der Waals surface area contributed by atoms with Gasteiger partial charge in [0.05, 0.1) is 5.92 Å². The van der Waals surface area contributed by atoms with E-state index in [-0.39, 0.29) is 36.4 Å². The molecule has 8 heteroatoms. The molecule has 168 valence electrons. The third-order valence-electron chi connectivity index (χ3n) is 5.71. The molecule has 1 aromatic heterocycles. The van der Waals surface area contributed by atoms with Crippen LogP contribution in [0.25, 0.3) is 0 Å². The summed E-state index contributed by atoms with van der Waals surface area (Å²) in [5, 5.41) is 2.84. The van der Waals surface area contributed by atoms with Crippen LogP contribution in [-0.2, 0) is 9.59 Å². The smallest absolute Gasteiger partial charge is 0.230 e. The summed E-state index contributed by atoms with van der Waals surface area (Å²) in [5.74, 6) is 1.05. The summed E-state index contributed by atoms with van der Waals surface area (Å²) in [6.45, 7) is 3.76. The number of ether oxygens (including phenoxy) is 2. The number of benzene rings is 1. The fourth-order valence-corrected chi connectivity index (χ4v) is 4.00. The Kier molecular flexibility index (Phi) is 6.68. The molecule has 3 heterocycles. The molecule has 2 aliphatic rings. The zero-order valence-corrected chi connectivity index (χ0v) is 18.1. The highest BCUT2D eigenvalue weighted by Gasteiger charge is 2.29. The molecule has 4 rings (SSSR count). The van der Waals surface area contributed by atoms with Crippen molar-refractivity contribution in [1.29, 1.82) is 0 Å². The molecule has 0 radical (unpaired) electrons. The van der Waals surface area contributed by atoms with Crippen LogP contribution in [0.2, 0.25) is 0 Å². The predicted octanol–water partition coefficient (Wildman–Crippen LogP) is 3.00. The minimum Gasteiger partial charge on any atom is -0.486 e. The summed E-state index contributed by atoms with van der Waals surface area (Å²) in [7, 11) is 0. The number of Topliss-reactive ketones (excluding diaryl/α,β-unsaturated/α-hetero) is 1. The van der Waals surface area contributed by atoms with Gasteiger partial charge in [0, 0.05) is 37.2 Å². The van der Waals surface area contributed by atoms with Crippen LogP contribution < -0.4 is 14.8 Å². The second kappa shape index (κ2) is 9.80. The zero-order valence-electron chi connectivity index (χ0n) is 18.1. The van der Waals surface area contributed by atoms with Crippen molar-refractivity contribution in [2.75, 3.05) is 31.6 Å². The van der Waals surface area contributed by atoms with Crippen LogP contribution in [0.3, 0.4) is 0 Å². The molecule has 1 N–H and O–H groups in total. The van der Waals surface area contributed by atoms with E-state index in [1.165, 1.54) is 0 Å². The highest BCUT2D eigenvalue weighted by Crippen LogP contribution is 2.31. The molecule has 1 atom stereocenters. The van der Waals surface area contributed by atoms with E-state index in [1.807, 2.05) is 19.1 Å². The monoisotopic (exact) mass is 437 g/mol. The summed E-state index contributed by atoms with van der Waals surface area (Å²) < 4.78 is 11.0. The molecular weight excluding hydrogens is 410 g/mol. The molecule has 1 unspecified atom stereocenters. The van der Waals surface area contributed by atoms with E-state index in [0.717, 1.165) is 18.5 Å². The van der Waals surface area contributed by atoms with Gasteiger partial charge >= 0.3 is 0 Å². The molecule has 1 saturated heterocycles. The van der Waals surface area contributed by atoms with Gasteiger partial charge in [-0.25, -0.2) is 4.98 Å². The van der Waals surface area contributed by atoms with Gasteiger partial charge in [0.1, 0.15) is 19.0 Å². The Hall–Kier alpha value is -3.42. The fourth-order valence-electron chi connectivity index (χ4n) is 4.00. The molecule has 8 nitrogen and oxygen atoms in total. The number of amides is 2. The first-order valence-electron chi connectivity index (χ1n) is 10.9. The van der Waals surface area contributed by atoms with Crippen LogP contribution in [0.15, 0.2) is 36.4 Å². The summed E-state index contributed by atoms with van der Waals surface area (Å²) >= 11 is 0. The highest BCUT2D eigenvalue weighted by molar-refractivity contribution is 5.98. The molecule has 32 heavy (non-hydrogen) atoms. The lowest BCUT2D eigenvalue weighted by Crippen LogP contribution is -2.43. The zero-order chi connectivity index (χ0) is 22.5. The normalized spacial score (nSPS) is 17.5. The van der Waals surface area contributed by atoms with E-state index in [0.29, 0.717) is 49.2 Å². The first kappa shape index (κ1) is 21.8. The van der Waals surface area contributed by atoms with Crippen molar-refractivity contribution in [3.05, 3.63) is 47.7 Å². The number of pyridine rings is 1. The van der Waals surface area contributed by atoms with Gasteiger partial charge in [-0.05, 0) is 50.1 Å². The molecule has 2 aliphatic heterocycles. The number of hydrogen-bond donors (Lipinski definition) is 1. The van der Waals surface area contributed by atoms with Gasteiger partial charge in [-0.2, -0.15) is 0 Å². The number of fused-ring (bicyclic) bond motifs is 1. The lowest BCUT2D eigenvalue weighted by atomic mass is 9.96. The van der Waals surface area contributed by atoms with Gasteiger partial charge < -0.3 is 19.7 Å². The van der Waals surface area contributed by atoms with Gasteiger partial charge in [-0.3, -0.25) is 14.4 Å². The molecule has 0 aliphatic carbocycles. The average Bonchev–Trinajstić information content (AvgIpc) is 2.82. The summed E-state index contributed by atoms with van der Waals surface area (Å²) in [6, 6.07) is 10.5. The van der Waals surface area contributed by atoms with Gasteiger partial charge in [-0.15, -0.1) is 0 Å². The number of aromatic nitrogens is 1. The highest BCUT2D eigenvalue weighted by atomic mass is 16.6. The largest absolute Gasteiger partial charge is 0.486 e. The van der Waals surface area contributed by atoms with Gasteiger partial charge in [0.25, 0.3) is 0 Å². The molecule has 2 aromatic rings. The molecular formula is C24H27N3O5. The Morgan fingerprint density at radius 1 is 1.09 bits per heavy atom. The van der Waals surface area contributed by atoms with Gasteiger partial charge in [0.2, 0.25) is 11.8 Å². The van der Waals surface area contributed by atoms with E-state index in [1.54, 1.807) is 29.2 Å². The average molecular weight is 437 g/mol. The second-order valence-corrected chi connectivity index (χ2v) is 8.11. The van der Waals surface area contributed by atoms with Crippen LogP contribution in [0.4, 0.5) is 5.82 Å². The number of nitrogens with zero attached hydrogens (tertiary/aromatic N) is 2. The Morgan fingerprint density at radius 2 is 1.91 bits per heavy atom. The lowest BCUT2D eigenvalue weighted by Gasteiger charge is -2.32. The van der Waals surface area contributed by atoms with Crippen LogP contribution in [0.5, 0.6) is 11.5 Å². The van der Waals surface area contributed by atoms with Crippen LogP contribution in [-0.4, -0.2) is 53.8 Å². The molecule has 1 aromatic carbocycles. The first-order valence-corrected chi connectivity index (χ1v) is 10.9. The minimum absolute atomic E-state index is 0.109. The maximum Gasteiger partial charge on any atom is 0.230 e. The third-order valence-corrected chi connectivity index (χ3v) is 5.71. The molecule has 1 fully saturated rings. The predicted molar refractivity (Wildman–Crippen MR) is 118 cm³/mol. The maximum absolute atomic E-state index is 12.7. The van der Waals surface area contributed by atoms with Crippen molar-refractivity contribution in [1.82, 2.24) is 9.88 Å². The lowest BCUT2D eigenvalue weighted by molar-refractivity contribution is -0.134. The van der Waals surface area contributed by atoms with Crippen molar-refractivity contribution in [3.8, 4) is 11.5 Å². The van der Waals surface area contributed by atoms with Crippen molar-refractivity contribution in [2.45, 2.75) is 32.6 Å². The number of piperidine rings is 1. The Labute approximate surface area is 186 Å². The Balaban J connectivity index is 1.29. The standard InChI is InChI=1S/C24H27N3O5/c1-16-4-2-6-22(25-16)26-24(30)18-5-3-11-27(15-18)23(29)10-8-19(28)17-7-9-20-21(14-17)32-13-12-31-20/h2,4,6-7,9,14,18H,3,5,8,10-13,15H2,1H3,(H,25,26,30). The van der Waals surface area contributed by atoms with E-state index in [4.69, 9.17) is 9.47 Å². The quantitative estimate of drug-likeness (QED) is 0.698. The van der Waals surface area contributed by atoms with E-state index in [2.05, 4.69) is 10.3 Å². The van der Waals surface area contributed by atoms with E-state index < -0.39 is 0 Å². The Morgan fingerprint density at radius 3 is 2.72 bits per heavy atom. The Bertz CT molecular complexity index is 1020. The molecule has 2 amide bonds. The molecule has 0 bridgehead atoms. The first-order chi connectivity index (χ1) is 15.5. The van der Waals surface area contributed by atoms with Crippen LogP contribution in [0.1, 0.15) is 41.7 Å². The summed E-state index contributed by atoms with van der Waals surface area (Å²) in [6.07, 6.45) is 1.69. The number of likely N-dealkylation sites (tertiary alicyclic amines) is 1. The number of rotatable bonds is 6. The minimum atomic E-state index is -0.288. The summed E-state index contributed by atoms with van der Waals surface area (Å²) in [5.41, 5.74) is 1.33. The van der Waals surface area contributed by atoms with E-state index >= 15 is 0 Å². The second-order valence-electron chi connectivity index (χ2n) is 8.11. The van der Waals surface area contributed by atoms with Gasteiger partial charge in [-0.1, -0.05) is 6.07 Å². The fraction of sp³-hybridized carbons (Fsp3) is 0.417. The number of nitrogens with one attached hydrogen (secondary N) is 1. The van der Waals surface area contributed by atoms with Crippen molar-refractivity contribution in [2.24, 2.45) is 5.92 Å². The number of carbonyl (C=O) groups is 3. The number of hydrogen-bond acceptors (Lipinski definition) is 6. The van der Waals surface area contributed by atoms with Crippen molar-refractivity contribution >= 4 is 23.4 Å². The third kappa shape index (κ3) is 5.25. The number of anilines is 1. The van der Waals surface area contributed by atoms with Crippen LogP contribution >= 0.6 is 0 Å². The summed E-state index contributed by atoms with van der Waals surface area (Å²) in [4.78, 5) is 43.9. The number of aryl methyl sites for hydroxylation is 1. The number of carbonyl (C=O) groups excluding carboxylic acids is 3. The van der Waals surface area contributed by atoms with Crippen molar-refractivity contribution < 1.29 is 23.9 Å². The van der Waals surface area contributed by atoms with Crippen molar-refractivity contribution in [3.63, 3.8) is 0 Å². The molecule has 0 saturated carbocycles. The molecule has 0 spiro atoms. The van der Waals surface area contributed by atoms with E-state index in [9.17, 15) is 14.4 Å².